The van der Waals surface area contributed by atoms with Gasteiger partial charge in [-0.2, -0.15) is 0 Å². The van der Waals surface area contributed by atoms with Crippen LogP contribution in [0.25, 0.3) is 22.4 Å². The molecule has 1 aliphatic heterocycles. The first kappa shape index (κ1) is 38.2. The van der Waals surface area contributed by atoms with E-state index in [0.717, 1.165) is 44.7 Å². The standard InChI is InChI=1S/C44H51N3.2ClH/c1-29-19-30(2)21-42(20-29)47(28-38-11-9-10-12-43(38)39-22-31(3)35(7)32(4)23-39)41-14-17-46(18-15-41)27-37-13-16-45-44(26-37)40-24-33(5)36(8)34(6)25-40;;/h9-13,16,19-26,41H,14-15,17-18,27-28H2,1-8H3;2*1H. The quantitative estimate of drug-likeness (QED) is 0.161. The molecule has 1 saturated heterocycles. The zero-order valence-electron chi connectivity index (χ0n) is 30.6. The van der Waals surface area contributed by atoms with Gasteiger partial charge >= 0.3 is 0 Å². The number of hydrogen-bond donors (Lipinski definition) is 0. The van der Waals surface area contributed by atoms with E-state index in [-0.39, 0.29) is 24.8 Å². The fourth-order valence-electron chi connectivity index (χ4n) is 7.42. The highest BCUT2D eigenvalue weighted by molar-refractivity contribution is 5.85. The van der Waals surface area contributed by atoms with E-state index < -0.39 is 0 Å². The molecular weight excluding hydrogens is 641 g/mol. The third kappa shape index (κ3) is 8.76. The zero-order chi connectivity index (χ0) is 33.2. The van der Waals surface area contributed by atoms with Crippen molar-refractivity contribution in [2.45, 2.75) is 87.4 Å². The maximum absolute atomic E-state index is 4.75. The van der Waals surface area contributed by atoms with Gasteiger partial charge in [0.2, 0.25) is 0 Å². The van der Waals surface area contributed by atoms with Crippen molar-refractivity contribution in [1.82, 2.24) is 9.88 Å². The number of rotatable bonds is 8. The normalized spacial score (nSPS) is 13.5. The summed E-state index contributed by atoms with van der Waals surface area (Å²) >= 11 is 0. The Hall–Kier alpha value is -3.63. The molecule has 258 valence electrons. The number of piperidine rings is 1. The number of pyridine rings is 1. The SMILES string of the molecule is Cc1cc(C)cc(N(Cc2ccccc2-c2cc(C)c(C)c(C)c2)C2CCN(Cc3ccnc(-c4cc(C)c(C)c(C)c4)c3)CC2)c1.Cl.Cl. The predicted molar refractivity (Wildman–Crippen MR) is 215 cm³/mol. The monoisotopic (exact) mass is 693 g/mol. The van der Waals surface area contributed by atoms with Gasteiger partial charge in [0.1, 0.15) is 0 Å². The number of halogens is 2. The molecule has 0 bridgehead atoms. The van der Waals surface area contributed by atoms with Crippen LogP contribution in [0.15, 0.2) is 85.1 Å². The van der Waals surface area contributed by atoms with Crippen molar-refractivity contribution >= 4 is 30.5 Å². The van der Waals surface area contributed by atoms with Gasteiger partial charge in [-0.25, -0.2) is 0 Å². The summed E-state index contributed by atoms with van der Waals surface area (Å²) in [5.41, 5.74) is 19.8. The Bertz CT molecular complexity index is 1840. The van der Waals surface area contributed by atoms with E-state index in [9.17, 15) is 0 Å². The maximum Gasteiger partial charge on any atom is 0.0705 e. The fraction of sp³-hybridized carbons (Fsp3) is 0.341. The summed E-state index contributed by atoms with van der Waals surface area (Å²) in [7, 11) is 0. The molecule has 0 N–H and O–H groups in total. The Morgan fingerprint density at radius 1 is 0.653 bits per heavy atom. The molecule has 0 saturated carbocycles. The molecule has 6 rings (SSSR count). The highest BCUT2D eigenvalue weighted by atomic mass is 35.5. The van der Waals surface area contributed by atoms with Gasteiger partial charge in [0.05, 0.1) is 5.69 Å². The molecule has 2 heterocycles. The van der Waals surface area contributed by atoms with Crippen molar-refractivity contribution in [3.8, 4) is 22.4 Å². The number of aryl methyl sites for hydroxylation is 6. The smallest absolute Gasteiger partial charge is 0.0705 e. The Labute approximate surface area is 307 Å². The molecule has 0 spiro atoms. The number of benzene rings is 4. The number of hydrogen-bond acceptors (Lipinski definition) is 3. The maximum atomic E-state index is 4.75. The lowest BCUT2D eigenvalue weighted by atomic mass is 9.92. The molecule has 0 aliphatic carbocycles. The van der Waals surface area contributed by atoms with Gasteiger partial charge < -0.3 is 4.90 Å². The van der Waals surface area contributed by atoms with Gasteiger partial charge in [0.25, 0.3) is 0 Å². The summed E-state index contributed by atoms with van der Waals surface area (Å²) in [5.74, 6) is 0. The number of likely N-dealkylation sites (tertiary alicyclic amines) is 1. The molecule has 1 aliphatic rings. The van der Waals surface area contributed by atoms with Crippen LogP contribution in [-0.2, 0) is 13.1 Å². The van der Waals surface area contributed by atoms with Gasteiger partial charge in [-0.1, -0.05) is 42.5 Å². The second-order valence-electron chi connectivity index (χ2n) is 14.2. The molecule has 0 unspecified atom stereocenters. The number of aromatic nitrogens is 1. The third-order valence-corrected chi connectivity index (χ3v) is 10.6. The van der Waals surface area contributed by atoms with E-state index in [2.05, 4.69) is 144 Å². The molecule has 1 aromatic heterocycles. The Balaban J connectivity index is 0.00000270. The predicted octanol–water partition coefficient (Wildman–Crippen LogP) is 11.4. The summed E-state index contributed by atoms with van der Waals surface area (Å²) in [5, 5.41) is 0. The van der Waals surface area contributed by atoms with Crippen molar-refractivity contribution in [2.75, 3.05) is 18.0 Å². The number of anilines is 1. The Morgan fingerprint density at radius 3 is 1.80 bits per heavy atom. The molecule has 3 nitrogen and oxygen atoms in total. The molecule has 0 radical (unpaired) electrons. The van der Waals surface area contributed by atoms with E-state index in [1.54, 1.807) is 0 Å². The lowest BCUT2D eigenvalue weighted by molar-refractivity contribution is 0.201. The van der Waals surface area contributed by atoms with Gasteiger partial charge in [0.15, 0.2) is 0 Å². The third-order valence-electron chi connectivity index (χ3n) is 10.6. The molecule has 49 heavy (non-hydrogen) atoms. The van der Waals surface area contributed by atoms with E-state index in [1.807, 2.05) is 6.20 Å². The van der Waals surface area contributed by atoms with Crippen LogP contribution in [0.4, 0.5) is 5.69 Å². The lowest BCUT2D eigenvalue weighted by Gasteiger charge is -2.40. The lowest BCUT2D eigenvalue weighted by Crippen LogP contribution is -2.44. The summed E-state index contributed by atoms with van der Waals surface area (Å²) in [4.78, 5) is 10.1. The van der Waals surface area contributed by atoms with Crippen molar-refractivity contribution in [2.24, 2.45) is 0 Å². The molecular formula is C44H53Cl2N3. The molecule has 5 aromatic rings. The minimum atomic E-state index is 0. The topological polar surface area (TPSA) is 19.4 Å². The first-order valence-electron chi connectivity index (χ1n) is 17.3. The summed E-state index contributed by atoms with van der Waals surface area (Å²) in [6.45, 7) is 21.8. The average Bonchev–Trinajstić information content (AvgIpc) is 3.05. The molecule has 4 aromatic carbocycles. The number of nitrogens with zero attached hydrogens (tertiary/aromatic N) is 3. The Kier molecular flexibility index (Phi) is 12.8. The van der Waals surface area contributed by atoms with Crippen molar-refractivity contribution in [1.29, 1.82) is 0 Å². The van der Waals surface area contributed by atoms with Crippen LogP contribution in [0, 0.1) is 55.4 Å². The second-order valence-corrected chi connectivity index (χ2v) is 14.2. The van der Waals surface area contributed by atoms with Gasteiger partial charge in [0, 0.05) is 49.7 Å². The molecule has 0 amide bonds. The first-order chi connectivity index (χ1) is 22.5. The summed E-state index contributed by atoms with van der Waals surface area (Å²) in [6.07, 6.45) is 4.27. The van der Waals surface area contributed by atoms with Gasteiger partial charge in [-0.3, -0.25) is 9.88 Å². The van der Waals surface area contributed by atoms with Crippen molar-refractivity contribution in [3.63, 3.8) is 0 Å². The van der Waals surface area contributed by atoms with Crippen molar-refractivity contribution < 1.29 is 0 Å². The first-order valence-corrected chi connectivity index (χ1v) is 17.3. The van der Waals surface area contributed by atoms with E-state index >= 15 is 0 Å². The minimum Gasteiger partial charge on any atom is -0.364 e. The van der Waals surface area contributed by atoms with Crippen LogP contribution < -0.4 is 4.90 Å². The fourth-order valence-corrected chi connectivity index (χ4v) is 7.42. The Morgan fingerprint density at radius 2 is 1.20 bits per heavy atom. The van der Waals surface area contributed by atoms with Crippen LogP contribution >= 0.6 is 24.8 Å². The zero-order valence-corrected chi connectivity index (χ0v) is 32.2. The second kappa shape index (κ2) is 16.4. The molecule has 5 heteroatoms. The van der Waals surface area contributed by atoms with Gasteiger partial charge in [-0.05, 0) is 171 Å². The summed E-state index contributed by atoms with van der Waals surface area (Å²) < 4.78 is 0. The van der Waals surface area contributed by atoms with E-state index in [1.165, 1.54) is 78.0 Å². The summed E-state index contributed by atoms with van der Waals surface area (Å²) in [6, 6.07) is 30.4. The minimum absolute atomic E-state index is 0. The molecule has 0 atom stereocenters. The van der Waals surface area contributed by atoms with Gasteiger partial charge in [-0.15, -0.1) is 24.8 Å². The van der Waals surface area contributed by atoms with Crippen LogP contribution in [0.1, 0.15) is 68.5 Å². The van der Waals surface area contributed by atoms with E-state index in [4.69, 9.17) is 4.98 Å². The van der Waals surface area contributed by atoms with Crippen LogP contribution in [-0.4, -0.2) is 29.0 Å². The highest BCUT2D eigenvalue weighted by Gasteiger charge is 2.26. The molecule has 1 fully saturated rings. The van der Waals surface area contributed by atoms with Crippen LogP contribution in [0.3, 0.4) is 0 Å². The van der Waals surface area contributed by atoms with Crippen LogP contribution in [0.2, 0.25) is 0 Å². The highest BCUT2D eigenvalue weighted by Crippen LogP contribution is 2.33. The van der Waals surface area contributed by atoms with Crippen molar-refractivity contribution in [3.05, 3.63) is 141 Å². The van der Waals surface area contributed by atoms with Crippen LogP contribution in [0.5, 0.6) is 0 Å². The largest absolute Gasteiger partial charge is 0.364 e. The average molecular weight is 695 g/mol. The van der Waals surface area contributed by atoms with E-state index in [0.29, 0.717) is 6.04 Å².